The van der Waals surface area contributed by atoms with E-state index in [2.05, 4.69) is 15.5 Å². The molecular weight excluding hydrogens is 368 g/mol. The third-order valence-electron chi connectivity index (χ3n) is 2.73. The van der Waals surface area contributed by atoms with Crippen molar-refractivity contribution in [2.45, 2.75) is 20.9 Å². The zero-order chi connectivity index (χ0) is 17.5. The largest absolute Gasteiger partial charge is 0.497 e. The van der Waals surface area contributed by atoms with Gasteiger partial charge in [0.1, 0.15) is 5.75 Å². The van der Waals surface area contributed by atoms with Gasteiger partial charge in [-0.25, -0.2) is 0 Å². The van der Waals surface area contributed by atoms with Crippen molar-refractivity contribution < 1.29 is 14.3 Å². The number of hydrogen-bond acceptors (Lipinski definition) is 8. The van der Waals surface area contributed by atoms with Gasteiger partial charge in [-0.1, -0.05) is 34.9 Å². The SMILES string of the molecule is COc1ccc(NC(=O)C(C)Sc2nnc(SCC(N)=O)s2)cc1. The van der Waals surface area contributed by atoms with Gasteiger partial charge >= 0.3 is 0 Å². The molecule has 0 spiro atoms. The van der Waals surface area contributed by atoms with Crippen LogP contribution in [0.4, 0.5) is 5.69 Å². The third-order valence-corrected chi connectivity index (χ3v) is 5.99. The summed E-state index contributed by atoms with van der Waals surface area (Å²) in [6.45, 7) is 1.79. The minimum atomic E-state index is -0.406. The van der Waals surface area contributed by atoms with E-state index >= 15 is 0 Å². The number of anilines is 1. The van der Waals surface area contributed by atoms with Crippen LogP contribution < -0.4 is 15.8 Å². The van der Waals surface area contributed by atoms with Crippen LogP contribution in [0.5, 0.6) is 5.75 Å². The first-order chi connectivity index (χ1) is 11.5. The molecule has 0 radical (unpaired) electrons. The second-order valence-electron chi connectivity index (χ2n) is 4.57. The molecular formula is C14H16N4O3S3. The number of primary amides is 1. The Morgan fingerprint density at radius 1 is 1.29 bits per heavy atom. The smallest absolute Gasteiger partial charge is 0.237 e. The van der Waals surface area contributed by atoms with Crippen LogP contribution in [-0.4, -0.2) is 40.1 Å². The van der Waals surface area contributed by atoms with Gasteiger partial charge in [0.15, 0.2) is 8.68 Å². The molecule has 3 N–H and O–H groups in total. The molecule has 2 aromatic rings. The number of methoxy groups -OCH3 is 1. The van der Waals surface area contributed by atoms with E-state index in [0.29, 0.717) is 14.4 Å². The van der Waals surface area contributed by atoms with Crippen LogP contribution in [-0.2, 0) is 9.59 Å². The van der Waals surface area contributed by atoms with Crippen molar-refractivity contribution in [3.8, 4) is 5.75 Å². The average Bonchev–Trinajstić information content (AvgIpc) is 3.01. The second kappa shape index (κ2) is 8.90. The minimum Gasteiger partial charge on any atom is -0.497 e. The highest BCUT2D eigenvalue weighted by molar-refractivity contribution is 8.04. The first-order valence-electron chi connectivity index (χ1n) is 6.84. The van der Waals surface area contributed by atoms with Crippen LogP contribution in [0.25, 0.3) is 0 Å². The molecule has 2 rings (SSSR count). The number of nitrogens with one attached hydrogen (secondary N) is 1. The number of benzene rings is 1. The Balaban J connectivity index is 1.87. The lowest BCUT2D eigenvalue weighted by molar-refractivity contribution is -0.116. The molecule has 0 fully saturated rings. The zero-order valence-electron chi connectivity index (χ0n) is 13.0. The van der Waals surface area contributed by atoms with Crippen molar-refractivity contribution >= 4 is 52.4 Å². The first-order valence-corrected chi connectivity index (χ1v) is 9.52. The summed E-state index contributed by atoms with van der Waals surface area (Å²) in [7, 11) is 1.59. The predicted molar refractivity (Wildman–Crippen MR) is 96.8 cm³/mol. The molecule has 1 aromatic heterocycles. The number of nitrogens with two attached hydrogens (primary N) is 1. The quantitative estimate of drug-likeness (QED) is 0.672. The van der Waals surface area contributed by atoms with Gasteiger partial charge in [0.05, 0.1) is 18.1 Å². The summed E-state index contributed by atoms with van der Waals surface area (Å²) < 4.78 is 6.39. The predicted octanol–water partition coefficient (Wildman–Crippen LogP) is 2.24. The molecule has 0 aliphatic heterocycles. The number of nitrogens with zero attached hydrogens (tertiary/aromatic N) is 2. The molecule has 0 saturated heterocycles. The molecule has 0 aliphatic carbocycles. The monoisotopic (exact) mass is 384 g/mol. The Bertz CT molecular complexity index is 706. The van der Waals surface area contributed by atoms with E-state index in [1.54, 1.807) is 38.3 Å². The summed E-state index contributed by atoms with van der Waals surface area (Å²) in [4.78, 5) is 23.0. The Hall–Kier alpha value is -1.78. The number of amides is 2. The normalized spacial score (nSPS) is 11.8. The second-order valence-corrected chi connectivity index (χ2v) is 8.35. The van der Waals surface area contributed by atoms with E-state index in [-0.39, 0.29) is 16.9 Å². The Morgan fingerprint density at radius 2 is 1.96 bits per heavy atom. The lowest BCUT2D eigenvalue weighted by Crippen LogP contribution is -2.22. The van der Waals surface area contributed by atoms with Gasteiger partial charge in [-0.2, -0.15) is 0 Å². The highest BCUT2D eigenvalue weighted by atomic mass is 32.2. The Labute approximate surface area is 151 Å². The lowest BCUT2D eigenvalue weighted by Gasteiger charge is -2.10. The molecule has 0 saturated carbocycles. The summed E-state index contributed by atoms with van der Waals surface area (Å²) in [6, 6.07) is 7.11. The molecule has 1 unspecified atom stereocenters. The number of thioether (sulfide) groups is 2. The maximum atomic E-state index is 12.2. The van der Waals surface area contributed by atoms with Crippen molar-refractivity contribution in [2.24, 2.45) is 5.73 Å². The van der Waals surface area contributed by atoms with Crippen molar-refractivity contribution in [3.05, 3.63) is 24.3 Å². The molecule has 2 amide bonds. The number of aromatic nitrogens is 2. The van der Waals surface area contributed by atoms with E-state index in [4.69, 9.17) is 10.5 Å². The van der Waals surface area contributed by atoms with Crippen LogP contribution in [0.2, 0.25) is 0 Å². The van der Waals surface area contributed by atoms with Gasteiger partial charge in [0.2, 0.25) is 11.8 Å². The van der Waals surface area contributed by atoms with Crippen LogP contribution in [0.15, 0.2) is 32.9 Å². The summed E-state index contributed by atoms with van der Waals surface area (Å²) >= 11 is 3.88. The molecule has 1 aromatic carbocycles. The van der Waals surface area contributed by atoms with Gasteiger partial charge < -0.3 is 15.8 Å². The average molecular weight is 385 g/mol. The molecule has 24 heavy (non-hydrogen) atoms. The van der Waals surface area contributed by atoms with Crippen molar-refractivity contribution in [1.29, 1.82) is 0 Å². The van der Waals surface area contributed by atoms with Gasteiger partial charge in [-0.3, -0.25) is 9.59 Å². The Morgan fingerprint density at radius 3 is 2.58 bits per heavy atom. The van der Waals surface area contributed by atoms with Crippen LogP contribution in [0.3, 0.4) is 0 Å². The fraction of sp³-hybridized carbons (Fsp3) is 0.286. The molecule has 128 valence electrons. The maximum absolute atomic E-state index is 12.2. The van der Waals surface area contributed by atoms with Crippen molar-refractivity contribution in [3.63, 3.8) is 0 Å². The lowest BCUT2D eigenvalue weighted by atomic mass is 10.3. The number of carbonyl (C=O) groups is 2. The Kier molecular flexibility index (Phi) is 6.88. The molecule has 0 aliphatic rings. The number of ether oxygens (including phenoxy) is 1. The van der Waals surface area contributed by atoms with Gasteiger partial charge in [0, 0.05) is 5.69 Å². The van der Waals surface area contributed by atoms with Gasteiger partial charge in [-0.15, -0.1) is 10.2 Å². The number of carbonyl (C=O) groups excluding carboxylic acids is 2. The third kappa shape index (κ3) is 5.69. The fourth-order valence-corrected chi connectivity index (χ4v) is 4.46. The topological polar surface area (TPSA) is 107 Å². The van der Waals surface area contributed by atoms with E-state index < -0.39 is 5.91 Å². The highest BCUT2D eigenvalue weighted by Gasteiger charge is 2.17. The van der Waals surface area contributed by atoms with Crippen LogP contribution >= 0.6 is 34.9 Å². The summed E-state index contributed by atoms with van der Waals surface area (Å²) in [5.74, 6) is 0.348. The minimum absolute atomic E-state index is 0.133. The molecule has 0 bridgehead atoms. The number of hydrogen-bond donors (Lipinski definition) is 2. The molecule has 7 nitrogen and oxygen atoms in total. The summed E-state index contributed by atoms with van der Waals surface area (Å²) in [6.07, 6.45) is 0. The zero-order valence-corrected chi connectivity index (χ0v) is 15.5. The van der Waals surface area contributed by atoms with E-state index in [9.17, 15) is 9.59 Å². The number of rotatable bonds is 8. The van der Waals surface area contributed by atoms with E-state index in [1.165, 1.54) is 34.9 Å². The van der Waals surface area contributed by atoms with Crippen molar-refractivity contribution in [2.75, 3.05) is 18.2 Å². The highest BCUT2D eigenvalue weighted by Crippen LogP contribution is 2.31. The van der Waals surface area contributed by atoms with Crippen LogP contribution in [0.1, 0.15) is 6.92 Å². The summed E-state index contributed by atoms with van der Waals surface area (Å²) in [5, 5.41) is 10.5. The van der Waals surface area contributed by atoms with Gasteiger partial charge in [-0.05, 0) is 31.2 Å². The maximum Gasteiger partial charge on any atom is 0.237 e. The first kappa shape index (κ1) is 18.6. The van der Waals surface area contributed by atoms with E-state index in [1.807, 2.05) is 0 Å². The van der Waals surface area contributed by atoms with E-state index in [0.717, 1.165) is 5.75 Å². The van der Waals surface area contributed by atoms with Crippen molar-refractivity contribution in [1.82, 2.24) is 10.2 Å². The molecule has 1 atom stereocenters. The standard InChI is InChI=1S/C14H16N4O3S3/c1-8(12(20)16-9-3-5-10(21-2)6-4-9)23-14-18-17-13(24-14)22-7-11(15)19/h3-6,8H,7H2,1-2H3,(H2,15,19)(H,16,20). The summed E-state index contributed by atoms with van der Waals surface area (Å²) in [5.41, 5.74) is 5.79. The van der Waals surface area contributed by atoms with Gasteiger partial charge in [0.25, 0.3) is 0 Å². The fourth-order valence-electron chi connectivity index (χ4n) is 1.56. The van der Waals surface area contributed by atoms with Crippen LogP contribution in [0, 0.1) is 0 Å². The molecule has 10 heteroatoms. The molecule has 1 heterocycles.